The van der Waals surface area contributed by atoms with E-state index in [9.17, 15) is 9.18 Å². The van der Waals surface area contributed by atoms with Gasteiger partial charge in [-0.05, 0) is 69.7 Å². The number of hydrogen-bond donors (Lipinski definition) is 2. The number of carbonyl (C=O) groups excluding carboxylic acids is 1. The average Bonchev–Trinajstić information content (AvgIpc) is 3.01. The van der Waals surface area contributed by atoms with E-state index in [-0.39, 0.29) is 11.5 Å². The number of anilines is 1. The second-order valence-electron chi connectivity index (χ2n) is 7.18. The van der Waals surface area contributed by atoms with Crippen molar-refractivity contribution in [2.45, 2.75) is 40.8 Å². The largest absolute Gasteiger partial charge is 0.326 e. The van der Waals surface area contributed by atoms with Crippen molar-refractivity contribution in [3.8, 4) is 0 Å². The maximum Gasteiger partial charge on any atom is 0.258 e. The molecule has 8 heteroatoms. The Morgan fingerprint density at radius 2 is 1.97 bits per heavy atom. The van der Waals surface area contributed by atoms with Crippen LogP contribution in [0.4, 0.5) is 10.1 Å². The van der Waals surface area contributed by atoms with Gasteiger partial charge in [0.05, 0.1) is 12.2 Å². The predicted octanol–water partition coefficient (Wildman–Crippen LogP) is 5.02. The van der Waals surface area contributed by atoms with E-state index in [1.54, 1.807) is 12.1 Å². The minimum absolute atomic E-state index is 0.202. The Morgan fingerprint density at radius 3 is 2.61 bits per heavy atom. The fourth-order valence-corrected chi connectivity index (χ4v) is 3.47. The van der Waals surface area contributed by atoms with E-state index >= 15 is 0 Å². The van der Waals surface area contributed by atoms with Gasteiger partial charge in [-0.1, -0.05) is 17.7 Å². The van der Waals surface area contributed by atoms with Crippen molar-refractivity contribution < 1.29 is 9.18 Å². The molecule has 0 saturated heterocycles. The topological polar surface area (TPSA) is 71.3 Å². The number of amides is 1. The summed E-state index contributed by atoms with van der Waals surface area (Å²) in [5.41, 5.74) is 4.76. The van der Waals surface area contributed by atoms with Crippen LogP contribution < -0.4 is 10.6 Å². The van der Waals surface area contributed by atoms with E-state index in [1.807, 2.05) is 44.5 Å². The number of halogens is 2. The molecule has 0 saturated carbocycles. The summed E-state index contributed by atoms with van der Waals surface area (Å²) < 4.78 is 15.5. The summed E-state index contributed by atoms with van der Waals surface area (Å²) in [6, 6.07) is 10.9. The van der Waals surface area contributed by atoms with Crippen molar-refractivity contribution in [2.75, 3.05) is 5.32 Å². The molecule has 2 N–H and O–H groups in total. The smallest absolute Gasteiger partial charge is 0.258 e. The zero-order chi connectivity index (χ0) is 22.5. The van der Waals surface area contributed by atoms with Crippen LogP contribution in [0.15, 0.2) is 47.5 Å². The molecule has 1 aromatic heterocycles. The number of benzene rings is 2. The zero-order valence-corrected chi connectivity index (χ0v) is 18.7. The summed E-state index contributed by atoms with van der Waals surface area (Å²) >= 11 is 6.05. The summed E-state index contributed by atoms with van der Waals surface area (Å²) in [5, 5.41) is 11.0. The third-order valence-corrected chi connectivity index (χ3v) is 5.22. The highest BCUT2D eigenvalue weighted by molar-refractivity contribution is 6.30. The monoisotopic (exact) mass is 441 g/mol. The predicted molar refractivity (Wildman–Crippen MR) is 122 cm³/mol. The molecular weight excluding hydrogens is 417 g/mol. The number of rotatable bonds is 5. The molecule has 0 bridgehead atoms. The number of carbonyl (C=O) groups is 1. The molecule has 0 radical (unpaired) electrons. The minimum Gasteiger partial charge on any atom is -0.326 e. The van der Waals surface area contributed by atoms with Crippen LogP contribution in [0.2, 0.25) is 5.02 Å². The Hall–Kier alpha value is -3.19. The molecule has 1 heterocycles. The Bertz CT molecular complexity index is 1140. The van der Waals surface area contributed by atoms with Gasteiger partial charge >= 0.3 is 0 Å². The maximum atomic E-state index is 13.5. The number of aromatic nitrogens is 2. The average molecular weight is 442 g/mol. The fraction of sp³-hybridized carbons (Fsp3) is 0.261. The third kappa shape index (κ3) is 5.49. The van der Waals surface area contributed by atoms with Crippen LogP contribution in [0.25, 0.3) is 0 Å². The normalized spacial score (nSPS) is 11.5. The van der Waals surface area contributed by atoms with Crippen LogP contribution in [0, 0.1) is 26.6 Å². The molecule has 3 rings (SSSR count). The fourth-order valence-electron chi connectivity index (χ4n) is 3.24. The lowest BCUT2D eigenvalue weighted by molar-refractivity contribution is 0.0976. The number of aliphatic imine (C=N–C) groups is 1. The lowest BCUT2D eigenvalue weighted by atomic mass is 10.2. The number of nitrogens with zero attached hydrogens (tertiary/aromatic N) is 3. The lowest BCUT2D eigenvalue weighted by Crippen LogP contribution is -2.36. The van der Waals surface area contributed by atoms with E-state index in [0.717, 1.165) is 34.7 Å². The molecule has 0 spiro atoms. The van der Waals surface area contributed by atoms with Crippen LogP contribution in [0.3, 0.4) is 0 Å². The van der Waals surface area contributed by atoms with Gasteiger partial charge in [-0.3, -0.25) is 14.8 Å². The first-order valence-electron chi connectivity index (χ1n) is 9.96. The molecule has 0 atom stereocenters. The molecule has 31 heavy (non-hydrogen) atoms. The van der Waals surface area contributed by atoms with Crippen molar-refractivity contribution in [3.63, 3.8) is 0 Å². The van der Waals surface area contributed by atoms with Gasteiger partial charge in [-0.25, -0.2) is 9.38 Å². The van der Waals surface area contributed by atoms with Gasteiger partial charge in [0.2, 0.25) is 5.96 Å². The second-order valence-corrected chi connectivity index (χ2v) is 7.62. The van der Waals surface area contributed by atoms with Crippen LogP contribution in [-0.4, -0.2) is 21.6 Å². The molecular formula is C23H25ClFN5O. The lowest BCUT2D eigenvalue weighted by Gasteiger charge is -2.14. The molecule has 3 aromatic rings. The summed E-state index contributed by atoms with van der Waals surface area (Å²) in [6.45, 7) is 8.96. The second kappa shape index (κ2) is 9.75. The van der Waals surface area contributed by atoms with Crippen molar-refractivity contribution in [1.82, 2.24) is 15.1 Å². The third-order valence-electron chi connectivity index (χ3n) is 4.99. The Kier molecular flexibility index (Phi) is 7.07. The maximum absolute atomic E-state index is 13.5. The standard InChI is InChI=1S/C23H25ClFN5O/c1-5-30-16(4)20(15(3)29-30)13-26-23(27-21-10-9-18(24)11-14(21)2)28-22(31)17-7-6-8-19(25)12-17/h6-12H,5,13H2,1-4H3,(H2,26,27,28,31). The van der Waals surface area contributed by atoms with E-state index in [4.69, 9.17) is 11.6 Å². The van der Waals surface area contributed by atoms with Crippen LogP contribution in [0.5, 0.6) is 0 Å². The summed E-state index contributed by atoms with van der Waals surface area (Å²) in [4.78, 5) is 17.3. The summed E-state index contributed by atoms with van der Waals surface area (Å²) in [5.74, 6) is -0.691. The highest BCUT2D eigenvalue weighted by Crippen LogP contribution is 2.20. The van der Waals surface area contributed by atoms with Crippen molar-refractivity contribution in [2.24, 2.45) is 4.99 Å². The van der Waals surface area contributed by atoms with Gasteiger partial charge < -0.3 is 5.32 Å². The van der Waals surface area contributed by atoms with Gasteiger partial charge in [0, 0.05) is 34.1 Å². The first kappa shape index (κ1) is 22.5. The van der Waals surface area contributed by atoms with E-state index in [2.05, 4.69) is 20.7 Å². The van der Waals surface area contributed by atoms with Crippen molar-refractivity contribution in [3.05, 3.63) is 81.4 Å². The van der Waals surface area contributed by atoms with Gasteiger partial charge in [0.15, 0.2) is 0 Å². The van der Waals surface area contributed by atoms with Crippen molar-refractivity contribution in [1.29, 1.82) is 0 Å². The molecule has 0 aliphatic heterocycles. The first-order chi connectivity index (χ1) is 14.8. The Morgan fingerprint density at radius 1 is 1.19 bits per heavy atom. The number of guanidine groups is 1. The molecule has 6 nitrogen and oxygen atoms in total. The van der Waals surface area contributed by atoms with Crippen LogP contribution in [0.1, 0.15) is 39.8 Å². The van der Waals surface area contributed by atoms with E-state index in [1.165, 1.54) is 18.2 Å². The first-order valence-corrected chi connectivity index (χ1v) is 10.3. The number of nitrogens with one attached hydrogen (secondary N) is 2. The molecule has 0 aliphatic rings. The van der Waals surface area contributed by atoms with E-state index in [0.29, 0.717) is 11.6 Å². The van der Waals surface area contributed by atoms with Crippen LogP contribution in [-0.2, 0) is 13.1 Å². The molecule has 2 aromatic carbocycles. The van der Waals surface area contributed by atoms with Gasteiger partial charge in [0.25, 0.3) is 5.91 Å². The van der Waals surface area contributed by atoms with Crippen LogP contribution >= 0.6 is 11.6 Å². The SMILES string of the molecule is CCn1nc(C)c(CN=C(NC(=O)c2cccc(F)c2)Nc2ccc(Cl)cc2C)c1C. The number of aryl methyl sites for hydroxylation is 3. The van der Waals surface area contributed by atoms with Gasteiger partial charge in [-0.2, -0.15) is 5.10 Å². The molecule has 0 fully saturated rings. The van der Waals surface area contributed by atoms with Gasteiger partial charge in [0.1, 0.15) is 5.82 Å². The Labute approximate surface area is 186 Å². The summed E-state index contributed by atoms with van der Waals surface area (Å²) in [6.07, 6.45) is 0. The molecule has 0 aliphatic carbocycles. The molecule has 1 amide bonds. The highest BCUT2D eigenvalue weighted by Gasteiger charge is 2.14. The molecule has 0 unspecified atom stereocenters. The highest BCUT2D eigenvalue weighted by atomic mass is 35.5. The number of hydrogen-bond acceptors (Lipinski definition) is 3. The summed E-state index contributed by atoms with van der Waals surface area (Å²) in [7, 11) is 0. The Balaban J connectivity index is 1.90. The van der Waals surface area contributed by atoms with Gasteiger partial charge in [-0.15, -0.1) is 0 Å². The van der Waals surface area contributed by atoms with Crippen molar-refractivity contribution >= 4 is 29.2 Å². The zero-order valence-electron chi connectivity index (χ0n) is 18.0. The van der Waals surface area contributed by atoms with E-state index < -0.39 is 11.7 Å². The quantitative estimate of drug-likeness (QED) is 0.431. The molecule has 162 valence electrons. The minimum atomic E-state index is -0.481.